The molecule has 4 nitrogen and oxygen atoms in total. The molecule has 0 aliphatic carbocycles. The molecule has 6 heteroatoms. The molecule has 0 atom stereocenters. The van der Waals surface area contributed by atoms with Gasteiger partial charge in [0.25, 0.3) is 0 Å². The van der Waals surface area contributed by atoms with Gasteiger partial charge in [-0.15, -0.1) is 0 Å². The number of pyridine rings is 1. The van der Waals surface area contributed by atoms with Gasteiger partial charge in [-0.1, -0.05) is 6.07 Å². The van der Waals surface area contributed by atoms with Crippen LogP contribution in [0.15, 0.2) is 29.4 Å². The maximum absolute atomic E-state index is 10.2. The van der Waals surface area contributed by atoms with Crippen molar-refractivity contribution in [1.82, 2.24) is 4.98 Å². The molecular weight excluding hydrogens is 193 g/mol. The van der Waals surface area contributed by atoms with Gasteiger partial charge in [0.05, 0.1) is 0 Å². The van der Waals surface area contributed by atoms with E-state index in [0.717, 1.165) is 6.07 Å². The number of aromatic nitrogens is 1. The second-order valence-corrected chi connectivity index (χ2v) is 2.95. The SMILES string of the molecule is O=S(=O)([O-])c1ccccn1.[K+]. The quantitative estimate of drug-likeness (QED) is 0.355. The molecule has 1 rings (SSSR count). The van der Waals surface area contributed by atoms with Crippen LogP contribution in [-0.4, -0.2) is 18.0 Å². The molecule has 1 heterocycles. The number of rotatable bonds is 1. The molecule has 1 aromatic heterocycles. The van der Waals surface area contributed by atoms with Crippen molar-refractivity contribution in [3.63, 3.8) is 0 Å². The third-order valence-corrected chi connectivity index (χ3v) is 1.65. The van der Waals surface area contributed by atoms with E-state index in [4.69, 9.17) is 0 Å². The summed E-state index contributed by atoms with van der Waals surface area (Å²) in [7, 11) is -4.36. The zero-order valence-electron chi connectivity index (χ0n) is 5.89. The fourth-order valence-corrected chi connectivity index (χ4v) is 0.930. The van der Waals surface area contributed by atoms with E-state index in [9.17, 15) is 13.0 Å². The Morgan fingerprint density at radius 3 is 2.27 bits per heavy atom. The van der Waals surface area contributed by atoms with Crippen molar-refractivity contribution in [2.75, 3.05) is 0 Å². The van der Waals surface area contributed by atoms with Gasteiger partial charge in [0.1, 0.15) is 15.1 Å². The average Bonchev–Trinajstić information content (AvgIpc) is 1.88. The van der Waals surface area contributed by atoms with Crippen LogP contribution < -0.4 is 51.4 Å². The second kappa shape index (κ2) is 4.66. The van der Waals surface area contributed by atoms with Crippen molar-refractivity contribution in [2.24, 2.45) is 0 Å². The van der Waals surface area contributed by atoms with Crippen LogP contribution in [0.1, 0.15) is 0 Å². The molecule has 0 N–H and O–H groups in total. The summed E-state index contributed by atoms with van der Waals surface area (Å²) in [5, 5.41) is -0.435. The first-order valence-electron chi connectivity index (χ1n) is 2.47. The molecule has 0 amide bonds. The van der Waals surface area contributed by atoms with Gasteiger partial charge in [-0.2, -0.15) is 0 Å². The third-order valence-electron chi connectivity index (χ3n) is 0.894. The van der Waals surface area contributed by atoms with Crippen LogP contribution in [0.2, 0.25) is 0 Å². The van der Waals surface area contributed by atoms with Crippen LogP contribution in [0.5, 0.6) is 0 Å². The van der Waals surface area contributed by atoms with Crippen molar-refractivity contribution in [3.05, 3.63) is 24.4 Å². The fraction of sp³-hybridized carbons (Fsp3) is 0. The summed E-state index contributed by atoms with van der Waals surface area (Å²) in [4.78, 5) is 3.35. The number of hydrogen-bond donors (Lipinski definition) is 0. The van der Waals surface area contributed by atoms with Crippen LogP contribution in [0.3, 0.4) is 0 Å². The van der Waals surface area contributed by atoms with E-state index in [1.165, 1.54) is 18.3 Å². The van der Waals surface area contributed by atoms with E-state index in [0.29, 0.717) is 0 Å². The van der Waals surface area contributed by atoms with Crippen molar-refractivity contribution in [1.29, 1.82) is 0 Å². The third kappa shape index (κ3) is 3.75. The minimum absolute atomic E-state index is 0. The van der Waals surface area contributed by atoms with Gasteiger partial charge in [0, 0.05) is 6.20 Å². The summed E-state index contributed by atoms with van der Waals surface area (Å²) in [6.45, 7) is 0. The Labute approximate surface area is 107 Å². The first kappa shape index (κ1) is 11.7. The first-order chi connectivity index (χ1) is 4.61. The van der Waals surface area contributed by atoms with Gasteiger partial charge in [-0.3, -0.25) is 0 Å². The summed E-state index contributed by atoms with van der Waals surface area (Å²) in [5.41, 5.74) is 0. The van der Waals surface area contributed by atoms with Crippen LogP contribution >= 0.6 is 0 Å². The summed E-state index contributed by atoms with van der Waals surface area (Å²) in [5.74, 6) is 0. The topological polar surface area (TPSA) is 70.1 Å². The molecule has 0 bridgehead atoms. The Morgan fingerprint density at radius 2 is 2.00 bits per heavy atom. The van der Waals surface area contributed by atoms with Gasteiger partial charge < -0.3 is 4.55 Å². The maximum atomic E-state index is 10.2. The Balaban J connectivity index is 0.000001000. The molecular formula is C5H4KNO3S. The monoisotopic (exact) mass is 197 g/mol. The van der Waals surface area contributed by atoms with Gasteiger partial charge in [0.2, 0.25) is 0 Å². The maximum Gasteiger partial charge on any atom is 1.00 e. The summed E-state index contributed by atoms with van der Waals surface area (Å²) in [6, 6.07) is 4.13. The minimum Gasteiger partial charge on any atom is -0.743 e. The minimum atomic E-state index is -4.36. The normalized spacial score (nSPS) is 10.3. The first-order valence-corrected chi connectivity index (χ1v) is 3.88. The van der Waals surface area contributed by atoms with Crippen molar-refractivity contribution in [2.45, 2.75) is 5.03 Å². The molecule has 1 aromatic rings. The molecule has 11 heavy (non-hydrogen) atoms. The van der Waals surface area contributed by atoms with E-state index in [-0.39, 0.29) is 51.4 Å². The fourth-order valence-electron chi connectivity index (χ4n) is 0.495. The average molecular weight is 197 g/mol. The number of nitrogens with zero attached hydrogens (tertiary/aromatic N) is 1. The molecule has 0 aliphatic rings. The van der Waals surface area contributed by atoms with Gasteiger partial charge in [0.15, 0.2) is 0 Å². The molecule has 0 saturated heterocycles. The predicted molar refractivity (Wildman–Crippen MR) is 32.2 cm³/mol. The molecule has 0 aromatic carbocycles. The van der Waals surface area contributed by atoms with Crippen molar-refractivity contribution >= 4 is 10.1 Å². The molecule has 0 fully saturated rings. The second-order valence-electron chi connectivity index (χ2n) is 1.62. The van der Waals surface area contributed by atoms with E-state index in [1.54, 1.807) is 0 Å². The van der Waals surface area contributed by atoms with Gasteiger partial charge in [-0.05, 0) is 12.1 Å². The van der Waals surface area contributed by atoms with Crippen molar-refractivity contribution < 1.29 is 64.4 Å². The Kier molecular flexibility index (Phi) is 4.95. The standard InChI is InChI=1S/C5H5NO3S.K/c7-10(8,9)5-3-1-2-4-6-5;/h1-4H,(H,7,8,9);/q;+1/p-1. The van der Waals surface area contributed by atoms with Crippen molar-refractivity contribution in [3.8, 4) is 0 Å². The smallest absolute Gasteiger partial charge is 0.743 e. The summed E-state index contributed by atoms with van der Waals surface area (Å²) in [6.07, 6.45) is 1.25. The zero-order valence-corrected chi connectivity index (χ0v) is 9.83. The van der Waals surface area contributed by atoms with Crippen LogP contribution in [0.4, 0.5) is 0 Å². The number of hydrogen-bond acceptors (Lipinski definition) is 4. The Morgan fingerprint density at radius 1 is 1.36 bits per heavy atom. The van der Waals surface area contributed by atoms with E-state index in [1.807, 2.05) is 0 Å². The summed E-state index contributed by atoms with van der Waals surface area (Å²) < 4.78 is 30.6. The van der Waals surface area contributed by atoms with Gasteiger partial charge in [-0.25, -0.2) is 13.4 Å². The molecule has 0 spiro atoms. The van der Waals surface area contributed by atoms with Crippen LogP contribution in [0.25, 0.3) is 0 Å². The predicted octanol–water partition coefficient (Wildman–Crippen LogP) is -3.01. The Hall–Kier alpha value is 0.696. The molecule has 0 aliphatic heterocycles. The zero-order chi connectivity index (χ0) is 7.61. The van der Waals surface area contributed by atoms with Crippen LogP contribution in [0, 0.1) is 0 Å². The molecule has 0 saturated carbocycles. The van der Waals surface area contributed by atoms with Gasteiger partial charge >= 0.3 is 51.4 Å². The largest absolute Gasteiger partial charge is 1.00 e. The Bertz CT molecular complexity index is 310. The van der Waals surface area contributed by atoms with Crippen LogP contribution in [-0.2, 0) is 10.1 Å². The van der Waals surface area contributed by atoms with E-state index < -0.39 is 15.1 Å². The van der Waals surface area contributed by atoms with E-state index >= 15 is 0 Å². The molecule has 54 valence electrons. The molecule has 0 unspecified atom stereocenters. The molecule has 0 radical (unpaired) electrons. The van der Waals surface area contributed by atoms with E-state index in [2.05, 4.69) is 4.98 Å². The summed E-state index contributed by atoms with van der Waals surface area (Å²) >= 11 is 0.